The maximum absolute atomic E-state index is 11.2. The van der Waals surface area contributed by atoms with Gasteiger partial charge >= 0.3 is 0 Å². The number of benzene rings is 1. The van der Waals surface area contributed by atoms with Gasteiger partial charge in [-0.05, 0) is 19.1 Å². The third-order valence-corrected chi connectivity index (χ3v) is 3.12. The number of hydrogen-bond acceptors (Lipinski definition) is 3. The summed E-state index contributed by atoms with van der Waals surface area (Å²) in [6.45, 7) is 2.45. The van der Waals surface area contributed by atoms with Gasteiger partial charge in [-0.3, -0.25) is 4.79 Å². The standard InChI is InChI=1S/C13H20N2O3/c1-9(13(14)16)15(2)8-10-6-5-7-11(17-3)12(10)18-4/h5-7,9H,8H2,1-4H3,(H2,14,16)/p+1/t9-/m0/s1. The zero-order valence-electron chi connectivity index (χ0n) is 11.3. The van der Waals surface area contributed by atoms with Gasteiger partial charge in [0, 0.05) is 0 Å². The molecule has 1 rings (SSSR count). The first-order valence-electron chi connectivity index (χ1n) is 5.82. The fourth-order valence-corrected chi connectivity index (χ4v) is 1.79. The van der Waals surface area contributed by atoms with Crippen LogP contribution in [0.2, 0.25) is 0 Å². The van der Waals surface area contributed by atoms with Crippen molar-refractivity contribution in [2.45, 2.75) is 19.5 Å². The van der Waals surface area contributed by atoms with Crippen LogP contribution in [0.4, 0.5) is 0 Å². The molecular weight excluding hydrogens is 232 g/mol. The number of rotatable bonds is 6. The van der Waals surface area contributed by atoms with Crippen LogP contribution in [0.3, 0.4) is 0 Å². The van der Waals surface area contributed by atoms with E-state index in [0.717, 1.165) is 10.5 Å². The molecule has 0 saturated carbocycles. The zero-order valence-corrected chi connectivity index (χ0v) is 11.3. The van der Waals surface area contributed by atoms with Crippen LogP contribution in [0.15, 0.2) is 18.2 Å². The molecule has 1 aromatic rings. The average molecular weight is 253 g/mol. The molecule has 0 bridgehead atoms. The van der Waals surface area contributed by atoms with E-state index < -0.39 is 0 Å². The fraction of sp³-hybridized carbons (Fsp3) is 0.462. The lowest BCUT2D eigenvalue weighted by molar-refractivity contribution is -0.908. The second-order valence-electron chi connectivity index (χ2n) is 4.30. The summed E-state index contributed by atoms with van der Waals surface area (Å²) < 4.78 is 10.6. The number of carbonyl (C=O) groups is 1. The Bertz CT molecular complexity index is 421. The van der Waals surface area contributed by atoms with Gasteiger partial charge in [-0.2, -0.15) is 0 Å². The number of nitrogens with one attached hydrogen (secondary N) is 1. The van der Waals surface area contributed by atoms with E-state index in [2.05, 4.69) is 0 Å². The van der Waals surface area contributed by atoms with Crippen molar-refractivity contribution in [1.29, 1.82) is 0 Å². The van der Waals surface area contributed by atoms with Crippen molar-refractivity contribution in [3.63, 3.8) is 0 Å². The number of hydrogen-bond donors (Lipinski definition) is 2. The molecule has 0 saturated heterocycles. The molecule has 0 aliphatic carbocycles. The van der Waals surface area contributed by atoms with Gasteiger partial charge in [-0.15, -0.1) is 0 Å². The number of ether oxygens (including phenoxy) is 2. The van der Waals surface area contributed by atoms with E-state index in [0.29, 0.717) is 18.0 Å². The molecule has 1 aromatic carbocycles. The molecule has 0 fully saturated rings. The van der Waals surface area contributed by atoms with Crippen LogP contribution in [0.5, 0.6) is 11.5 Å². The van der Waals surface area contributed by atoms with Crippen molar-refractivity contribution in [3.05, 3.63) is 23.8 Å². The molecule has 3 N–H and O–H groups in total. The van der Waals surface area contributed by atoms with E-state index in [9.17, 15) is 4.79 Å². The Morgan fingerprint density at radius 1 is 1.39 bits per heavy atom. The molecule has 0 heterocycles. The molecule has 5 heteroatoms. The van der Waals surface area contributed by atoms with Crippen molar-refractivity contribution < 1.29 is 19.2 Å². The highest BCUT2D eigenvalue weighted by Crippen LogP contribution is 2.29. The number of quaternary nitrogens is 1. The number of nitrogens with two attached hydrogens (primary N) is 1. The largest absolute Gasteiger partial charge is 0.493 e. The number of carbonyl (C=O) groups excluding carboxylic acids is 1. The minimum atomic E-state index is -0.311. The first-order valence-corrected chi connectivity index (χ1v) is 5.82. The lowest BCUT2D eigenvalue weighted by Gasteiger charge is -2.20. The molecule has 0 radical (unpaired) electrons. The Morgan fingerprint density at radius 2 is 2.06 bits per heavy atom. The molecule has 100 valence electrons. The molecule has 0 aromatic heterocycles. The van der Waals surface area contributed by atoms with Gasteiger partial charge < -0.3 is 20.1 Å². The molecule has 18 heavy (non-hydrogen) atoms. The Hall–Kier alpha value is -1.75. The molecule has 1 amide bonds. The Kier molecular flexibility index (Phi) is 4.97. The molecule has 0 spiro atoms. The van der Waals surface area contributed by atoms with Gasteiger partial charge in [0.25, 0.3) is 5.91 Å². The van der Waals surface area contributed by atoms with E-state index >= 15 is 0 Å². The Labute approximate surface area is 107 Å². The zero-order chi connectivity index (χ0) is 13.7. The monoisotopic (exact) mass is 253 g/mol. The number of para-hydroxylation sites is 1. The van der Waals surface area contributed by atoms with Crippen molar-refractivity contribution in [3.8, 4) is 11.5 Å². The Balaban J connectivity index is 2.93. The maximum atomic E-state index is 11.2. The van der Waals surface area contributed by atoms with Crippen LogP contribution < -0.4 is 20.1 Å². The van der Waals surface area contributed by atoms with E-state index in [1.807, 2.05) is 32.2 Å². The third kappa shape index (κ3) is 3.13. The lowest BCUT2D eigenvalue weighted by atomic mass is 10.1. The minimum Gasteiger partial charge on any atom is -0.493 e. The summed E-state index contributed by atoms with van der Waals surface area (Å²) in [5, 5.41) is 0. The van der Waals surface area contributed by atoms with Crippen molar-refractivity contribution >= 4 is 5.91 Å². The first kappa shape index (κ1) is 14.3. The summed E-state index contributed by atoms with van der Waals surface area (Å²) in [6.07, 6.45) is 0. The number of amides is 1. The quantitative estimate of drug-likeness (QED) is 0.724. The first-order chi connectivity index (χ1) is 8.51. The number of likely N-dealkylation sites (N-methyl/N-ethyl adjacent to an activating group) is 1. The Morgan fingerprint density at radius 3 is 2.56 bits per heavy atom. The van der Waals surface area contributed by atoms with Gasteiger partial charge in [0.05, 0.1) is 26.8 Å². The van der Waals surface area contributed by atoms with Crippen LogP contribution >= 0.6 is 0 Å². The number of methoxy groups -OCH3 is 2. The van der Waals surface area contributed by atoms with Crippen LogP contribution in [-0.4, -0.2) is 33.2 Å². The normalized spacial score (nSPS) is 13.8. The molecule has 1 unspecified atom stereocenters. The van der Waals surface area contributed by atoms with Crippen LogP contribution in [-0.2, 0) is 11.3 Å². The van der Waals surface area contributed by atoms with E-state index in [1.165, 1.54) is 0 Å². The summed E-state index contributed by atoms with van der Waals surface area (Å²) in [7, 11) is 5.13. The van der Waals surface area contributed by atoms with Gasteiger partial charge in [0.2, 0.25) is 0 Å². The topological polar surface area (TPSA) is 66.0 Å². The summed E-state index contributed by atoms with van der Waals surface area (Å²) in [4.78, 5) is 12.2. The lowest BCUT2D eigenvalue weighted by Crippen LogP contribution is -3.12. The van der Waals surface area contributed by atoms with Gasteiger partial charge in [-0.25, -0.2) is 0 Å². The summed E-state index contributed by atoms with van der Waals surface area (Å²) >= 11 is 0. The molecule has 2 atom stereocenters. The highest BCUT2D eigenvalue weighted by Gasteiger charge is 2.21. The van der Waals surface area contributed by atoms with Crippen molar-refractivity contribution in [2.75, 3.05) is 21.3 Å². The van der Waals surface area contributed by atoms with Crippen LogP contribution in [0, 0.1) is 0 Å². The van der Waals surface area contributed by atoms with E-state index in [4.69, 9.17) is 15.2 Å². The highest BCUT2D eigenvalue weighted by molar-refractivity contribution is 5.77. The smallest absolute Gasteiger partial charge is 0.275 e. The van der Waals surface area contributed by atoms with Crippen LogP contribution in [0.1, 0.15) is 12.5 Å². The second kappa shape index (κ2) is 6.26. The maximum Gasteiger partial charge on any atom is 0.275 e. The molecule has 0 aliphatic heterocycles. The molecule has 5 nitrogen and oxygen atoms in total. The molecular formula is C13H21N2O3+. The predicted molar refractivity (Wildman–Crippen MR) is 68.8 cm³/mol. The van der Waals surface area contributed by atoms with Crippen molar-refractivity contribution in [1.82, 2.24) is 0 Å². The minimum absolute atomic E-state index is 0.249. The van der Waals surface area contributed by atoms with Gasteiger partial charge in [0.1, 0.15) is 6.54 Å². The summed E-state index contributed by atoms with van der Waals surface area (Å²) in [5.41, 5.74) is 6.29. The van der Waals surface area contributed by atoms with Crippen LogP contribution in [0.25, 0.3) is 0 Å². The van der Waals surface area contributed by atoms with E-state index in [-0.39, 0.29) is 11.9 Å². The highest BCUT2D eigenvalue weighted by atomic mass is 16.5. The predicted octanol–water partition coefficient (Wildman–Crippen LogP) is -0.408. The van der Waals surface area contributed by atoms with Gasteiger partial charge in [-0.1, -0.05) is 6.07 Å². The van der Waals surface area contributed by atoms with Gasteiger partial charge in [0.15, 0.2) is 17.5 Å². The van der Waals surface area contributed by atoms with E-state index in [1.54, 1.807) is 14.2 Å². The fourth-order valence-electron chi connectivity index (χ4n) is 1.79. The third-order valence-electron chi connectivity index (χ3n) is 3.12. The summed E-state index contributed by atoms with van der Waals surface area (Å²) in [5.74, 6) is 1.08. The molecule has 0 aliphatic rings. The number of primary amides is 1. The van der Waals surface area contributed by atoms with Crippen molar-refractivity contribution in [2.24, 2.45) is 5.73 Å². The second-order valence-corrected chi connectivity index (χ2v) is 4.30. The summed E-state index contributed by atoms with van der Waals surface area (Å²) in [6, 6.07) is 5.45. The average Bonchev–Trinajstić information content (AvgIpc) is 2.37. The SMILES string of the molecule is COc1cccc(C[NH+](C)[C@@H](C)C(N)=O)c1OC.